The first-order chi connectivity index (χ1) is 4.29. The minimum atomic E-state index is 0. The molecule has 0 unspecified atom stereocenters. The third-order valence-electron chi connectivity index (χ3n) is 2.58. The van der Waals surface area contributed by atoms with Gasteiger partial charge in [0.25, 0.3) is 0 Å². The first-order valence-electron chi connectivity index (χ1n) is 3.48. The van der Waals surface area contributed by atoms with Crippen molar-refractivity contribution in [2.45, 2.75) is 18.5 Å². The Labute approximate surface area is 79.2 Å². The van der Waals surface area contributed by atoms with E-state index in [-0.39, 0.29) is 36.9 Å². The summed E-state index contributed by atoms with van der Waals surface area (Å²) in [5.74, 6) is 1.18. The molecule has 4 heteroatoms. The molecule has 4 N–H and O–H groups in total. The van der Waals surface area contributed by atoms with Crippen LogP contribution >= 0.6 is 24.8 Å². The average molecular weight is 197 g/mol. The molecule has 2 rings (SSSR count). The zero-order valence-electron chi connectivity index (χ0n) is 6.14. The molecule has 0 radical (unpaired) electrons. The molecule has 0 aromatic rings. The SMILES string of the molecule is Cl.Cl.N[C@@H]1[C@@H](N)[C@H]2C=C[C@@H]1C2. The van der Waals surface area contributed by atoms with Crippen molar-refractivity contribution in [3.63, 3.8) is 0 Å². The molecule has 0 aliphatic heterocycles. The van der Waals surface area contributed by atoms with Gasteiger partial charge in [-0.05, 0) is 18.3 Å². The minimum Gasteiger partial charge on any atom is -0.326 e. The first-order valence-corrected chi connectivity index (χ1v) is 3.48. The highest BCUT2D eigenvalue weighted by molar-refractivity contribution is 5.85. The van der Waals surface area contributed by atoms with Gasteiger partial charge in [-0.2, -0.15) is 0 Å². The number of hydrogen-bond acceptors (Lipinski definition) is 2. The molecule has 0 heterocycles. The van der Waals surface area contributed by atoms with E-state index in [1.807, 2.05) is 0 Å². The van der Waals surface area contributed by atoms with Crippen LogP contribution in [0.25, 0.3) is 0 Å². The van der Waals surface area contributed by atoms with Gasteiger partial charge in [0.1, 0.15) is 0 Å². The van der Waals surface area contributed by atoms with Gasteiger partial charge in [0.2, 0.25) is 0 Å². The Bertz CT molecular complexity index is 145. The van der Waals surface area contributed by atoms with Crippen LogP contribution in [0.5, 0.6) is 0 Å². The van der Waals surface area contributed by atoms with Gasteiger partial charge >= 0.3 is 0 Å². The molecule has 2 bridgehead atoms. The third kappa shape index (κ3) is 1.54. The summed E-state index contributed by atoms with van der Waals surface area (Å²) in [5.41, 5.74) is 11.6. The maximum Gasteiger partial charge on any atom is 0.0262 e. The van der Waals surface area contributed by atoms with Crippen LogP contribution in [0.15, 0.2) is 12.2 Å². The summed E-state index contributed by atoms with van der Waals surface area (Å²) in [5, 5.41) is 0. The summed E-state index contributed by atoms with van der Waals surface area (Å²) in [4.78, 5) is 0. The molecule has 1 saturated carbocycles. The van der Waals surface area contributed by atoms with Crippen molar-refractivity contribution in [2.24, 2.45) is 23.3 Å². The predicted molar refractivity (Wildman–Crippen MR) is 51.2 cm³/mol. The molecule has 4 atom stereocenters. The van der Waals surface area contributed by atoms with Crippen molar-refractivity contribution < 1.29 is 0 Å². The van der Waals surface area contributed by atoms with Gasteiger partial charge in [0, 0.05) is 12.1 Å². The molecular weight excluding hydrogens is 183 g/mol. The van der Waals surface area contributed by atoms with Gasteiger partial charge in [-0.3, -0.25) is 0 Å². The lowest BCUT2D eigenvalue weighted by Gasteiger charge is -2.19. The van der Waals surface area contributed by atoms with Crippen molar-refractivity contribution >= 4 is 24.8 Å². The topological polar surface area (TPSA) is 52.0 Å². The molecule has 0 amide bonds. The van der Waals surface area contributed by atoms with Gasteiger partial charge in [0.05, 0.1) is 0 Å². The van der Waals surface area contributed by atoms with E-state index in [9.17, 15) is 0 Å². The molecule has 0 aromatic carbocycles. The van der Waals surface area contributed by atoms with E-state index < -0.39 is 0 Å². The minimum absolute atomic E-state index is 0. The van der Waals surface area contributed by atoms with E-state index in [0.717, 1.165) is 0 Å². The van der Waals surface area contributed by atoms with E-state index in [4.69, 9.17) is 11.5 Å². The van der Waals surface area contributed by atoms with Gasteiger partial charge in [-0.25, -0.2) is 0 Å². The smallest absolute Gasteiger partial charge is 0.0262 e. The Morgan fingerprint density at radius 2 is 1.27 bits per heavy atom. The standard InChI is InChI=1S/C7H12N2.2ClH/c8-6-4-1-2-5(3-4)7(6)9;;/h1-2,4-7H,3,8-9H2;2*1H/t4-,5+,6-,7-;;/m0../s1. The van der Waals surface area contributed by atoms with Crippen LogP contribution in [0.4, 0.5) is 0 Å². The van der Waals surface area contributed by atoms with Crippen LogP contribution in [-0.4, -0.2) is 12.1 Å². The summed E-state index contributed by atoms with van der Waals surface area (Å²) in [6.07, 6.45) is 5.61. The maximum absolute atomic E-state index is 5.79. The number of fused-ring (bicyclic) bond motifs is 2. The average Bonchev–Trinajstić information content (AvgIpc) is 2.37. The number of hydrogen-bond donors (Lipinski definition) is 2. The van der Waals surface area contributed by atoms with Crippen molar-refractivity contribution in [3.8, 4) is 0 Å². The zero-order valence-corrected chi connectivity index (χ0v) is 7.78. The van der Waals surface area contributed by atoms with Gasteiger partial charge in [0.15, 0.2) is 0 Å². The van der Waals surface area contributed by atoms with E-state index in [0.29, 0.717) is 11.8 Å². The van der Waals surface area contributed by atoms with Gasteiger partial charge in [-0.15, -0.1) is 24.8 Å². The van der Waals surface area contributed by atoms with Crippen molar-refractivity contribution in [1.82, 2.24) is 0 Å². The Kier molecular flexibility index (Phi) is 3.85. The van der Waals surface area contributed by atoms with E-state index in [2.05, 4.69) is 12.2 Å². The predicted octanol–water partition coefficient (Wildman–Crippen LogP) is 0.691. The van der Waals surface area contributed by atoms with Gasteiger partial charge < -0.3 is 11.5 Å². The second-order valence-corrected chi connectivity index (χ2v) is 3.10. The van der Waals surface area contributed by atoms with Gasteiger partial charge in [-0.1, -0.05) is 12.2 Å². The molecule has 2 aliphatic rings. The fourth-order valence-corrected chi connectivity index (χ4v) is 1.90. The number of rotatable bonds is 0. The Morgan fingerprint density at radius 1 is 0.909 bits per heavy atom. The lowest BCUT2D eigenvalue weighted by molar-refractivity contribution is 0.499. The summed E-state index contributed by atoms with van der Waals surface area (Å²) in [7, 11) is 0. The van der Waals surface area contributed by atoms with Crippen molar-refractivity contribution in [1.29, 1.82) is 0 Å². The summed E-state index contributed by atoms with van der Waals surface area (Å²) >= 11 is 0. The largest absolute Gasteiger partial charge is 0.326 e. The summed E-state index contributed by atoms with van der Waals surface area (Å²) < 4.78 is 0. The van der Waals surface area contributed by atoms with Crippen LogP contribution in [0, 0.1) is 11.8 Å². The van der Waals surface area contributed by atoms with Crippen LogP contribution in [0.2, 0.25) is 0 Å². The molecular formula is C7H14Cl2N2. The van der Waals surface area contributed by atoms with Crippen LogP contribution < -0.4 is 11.5 Å². The number of halogens is 2. The fraction of sp³-hybridized carbons (Fsp3) is 0.714. The maximum atomic E-state index is 5.79. The molecule has 2 nitrogen and oxygen atoms in total. The quantitative estimate of drug-likeness (QED) is 0.561. The molecule has 0 saturated heterocycles. The second-order valence-electron chi connectivity index (χ2n) is 3.10. The van der Waals surface area contributed by atoms with Crippen molar-refractivity contribution in [3.05, 3.63) is 12.2 Å². The molecule has 0 aromatic heterocycles. The highest BCUT2D eigenvalue weighted by Crippen LogP contribution is 2.36. The lowest BCUT2D eigenvalue weighted by Crippen LogP contribution is -2.43. The van der Waals surface area contributed by atoms with Crippen LogP contribution in [0.3, 0.4) is 0 Å². The summed E-state index contributed by atoms with van der Waals surface area (Å²) in [6, 6.07) is 0.472. The van der Waals surface area contributed by atoms with Crippen LogP contribution in [-0.2, 0) is 0 Å². The van der Waals surface area contributed by atoms with E-state index in [1.54, 1.807) is 0 Å². The van der Waals surface area contributed by atoms with E-state index >= 15 is 0 Å². The normalized spacial score (nSPS) is 44.9. The monoisotopic (exact) mass is 196 g/mol. The molecule has 1 fully saturated rings. The second kappa shape index (κ2) is 3.76. The first kappa shape index (κ1) is 11.2. The number of nitrogens with two attached hydrogens (primary N) is 2. The highest BCUT2D eigenvalue weighted by atomic mass is 35.5. The lowest BCUT2D eigenvalue weighted by atomic mass is 9.98. The molecule has 0 spiro atoms. The molecule has 11 heavy (non-hydrogen) atoms. The highest BCUT2D eigenvalue weighted by Gasteiger charge is 2.39. The Balaban J connectivity index is 0.000000500. The Morgan fingerprint density at radius 3 is 1.45 bits per heavy atom. The molecule has 66 valence electrons. The summed E-state index contributed by atoms with van der Waals surface area (Å²) in [6.45, 7) is 0. The Hall–Kier alpha value is 0.240. The third-order valence-corrected chi connectivity index (χ3v) is 2.58. The zero-order chi connectivity index (χ0) is 6.43. The fourth-order valence-electron chi connectivity index (χ4n) is 1.90. The van der Waals surface area contributed by atoms with Crippen molar-refractivity contribution in [2.75, 3.05) is 0 Å². The van der Waals surface area contributed by atoms with Crippen LogP contribution in [0.1, 0.15) is 6.42 Å². The van der Waals surface area contributed by atoms with E-state index in [1.165, 1.54) is 6.42 Å². The molecule has 2 aliphatic carbocycles.